The van der Waals surface area contributed by atoms with Crippen molar-refractivity contribution in [2.45, 2.75) is 71.5 Å². The SMILES string of the molecule is CCC(C)CCCC(O)(CC)C(C)O. The summed E-state index contributed by atoms with van der Waals surface area (Å²) in [6.07, 6.45) is 4.07. The Hall–Kier alpha value is -0.0800. The summed E-state index contributed by atoms with van der Waals surface area (Å²) in [4.78, 5) is 0. The first kappa shape index (κ1) is 13.9. The molecule has 2 N–H and O–H groups in total. The maximum Gasteiger partial charge on any atom is 0.0900 e. The molecule has 0 spiro atoms. The van der Waals surface area contributed by atoms with Crippen molar-refractivity contribution in [1.29, 1.82) is 0 Å². The number of hydrogen-bond acceptors (Lipinski definition) is 2. The molecule has 2 heteroatoms. The molecule has 0 saturated carbocycles. The third kappa shape index (κ3) is 4.43. The number of aliphatic hydroxyl groups excluding tert-OH is 1. The van der Waals surface area contributed by atoms with E-state index in [9.17, 15) is 10.2 Å². The Morgan fingerprint density at radius 1 is 1.21 bits per heavy atom. The van der Waals surface area contributed by atoms with Crippen LogP contribution in [0.3, 0.4) is 0 Å². The largest absolute Gasteiger partial charge is 0.390 e. The summed E-state index contributed by atoms with van der Waals surface area (Å²) in [5.74, 6) is 0.727. The van der Waals surface area contributed by atoms with Gasteiger partial charge in [0.15, 0.2) is 0 Å². The zero-order chi connectivity index (χ0) is 11.2. The summed E-state index contributed by atoms with van der Waals surface area (Å²) in [5.41, 5.74) is -0.868. The van der Waals surface area contributed by atoms with Crippen LogP contribution in [-0.2, 0) is 0 Å². The van der Waals surface area contributed by atoms with Gasteiger partial charge < -0.3 is 10.2 Å². The van der Waals surface area contributed by atoms with Crippen molar-refractivity contribution in [3.8, 4) is 0 Å². The molecule has 2 nitrogen and oxygen atoms in total. The summed E-state index contributed by atoms with van der Waals surface area (Å²) in [6.45, 7) is 8.02. The van der Waals surface area contributed by atoms with Gasteiger partial charge in [-0.1, -0.05) is 40.0 Å². The van der Waals surface area contributed by atoms with Crippen molar-refractivity contribution in [2.24, 2.45) is 5.92 Å². The molecule has 14 heavy (non-hydrogen) atoms. The van der Waals surface area contributed by atoms with Crippen LogP contribution in [0.1, 0.15) is 59.8 Å². The van der Waals surface area contributed by atoms with E-state index in [1.807, 2.05) is 6.92 Å². The highest BCUT2D eigenvalue weighted by Gasteiger charge is 2.29. The minimum atomic E-state index is -0.868. The van der Waals surface area contributed by atoms with Crippen LogP contribution in [0.2, 0.25) is 0 Å². The van der Waals surface area contributed by atoms with E-state index in [0.29, 0.717) is 12.8 Å². The third-order valence-electron chi connectivity index (χ3n) is 3.39. The van der Waals surface area contributed by atoms with Crippen molar-refractivity contribution in [1.82, 2.24) is 0 Å². The highest BCUT2D eigenvalue weighted by Crippen LogP contribution is 2.24. The molecular weight excluding hydrogens is 176 g/mol. The summed E-state index contributed by atoms with van der Waals surface area (Å²) in [7, 11) is 0. The molecule has 3 atom stereocenters. The minimum absolute atomic E-state index is 0.621. The normalized spacial score (nSPS) is 20.1. The molecule has 0 saturated heterocycles. The fraction of sp³-hybridized carbons (Fsp3) is 1.00. The van der Waals surface area contributed by atoms with Crippen LogP contribution in [0, 0.1) is 5.92 Å². The predicted molar refractivity (Wildman–Crippen MR) is 60.2 cm³/mol. The van der Waals surface area contributed by atoms with Gasteiger partial charge in [-0.2, -0.15) is 0 Å². The third-order valence-corrected chi connectivity index (χ3v) is 3.39. The van der Waals surface area contributed by atoms with Crippen LogP contribution in [0.5, 0.6) is 0 Å². The standard InChI is InChI=1S/C12H26O2/c1-5-10(3)8-7-9-12(14,6-2)11(4)13/h10-11,13-14H,5-9H2,1-4H3. The molecule has 3 unspecified atom stereocenters. The van der Waals surface area contributed by atoms with Gasteiger partial charge in [-0.05, 0) is 25.7 Å². The van der Waals surface area contributed by atoms with Crippen molar-refractivity contribution >= 4 is 0 Å². The Morgan fingerprint density at radius 2 is 1.79 bits per heavy atom. The van der Waals surface area contributed by atoms with Gasteiger partial charge in [-0.15, -0.1) is 0 Å². The second kappa shape index (κ2) is 6.41. The maximum atomic E-state index is 10.0. The molecule has 0 heterocycles. The lowest BCUT2D eigenvalue weighted by Crippen LogP contribution is -2.39. The van der Waals surface area contributed by atoms with E-state index < -0.39 is 11.7 Å². The van der Waals surface area contributed by atoms with E-state index in [1.165, 1.54) is 6.42 Å². The summed E-state index contributed by atoms with van der Waals surface area (Å²) < 4.78 is 0. The zero-order valence-electron chi connectivity index (χ0n) is 10.1. The lowest BCUT2D eigenvalue weighted by Gasteiger charge is -2.30. The van der Waals surface area contributed by atoms with E-state index >= 15 is 0 Å². The zero-order valence-corrected chi connectivity index (χ0v) is 10.1. The molecule has 0 radical (unpaired) electrons. The molecule has 0 rings (SSSR count). The molecule has 0 fully saturated rings. The van der Waals surface area contributed by atoms with E-state index in [1.54, 1.807) is 6.92 Å². The average molecular weight is 202 g/mol. The molecular formula is C12H26O2. The molecule has 0 aromatic heterocycles. The molecule has 0 aromatic carbocycles. The van der Waals surface area contributed by atoms with Crippen LogP contribution in [-0.4, -0.2) is 21.9 Å². The van der Waals surface area contributed by atoms with Gasteiger partial charge >= 0.3 is 0 Å². The Morgan fingerprint density at radius 3 is 2.14 bits per heavy atom. The van der Waals surface area contributed by atoms with Crippen molar-refractivity contribution in [2.75, 3.05) is 0 Å². The summed E-state index contributed by atoms with van der Waals surface area (Å²) in [5, 5.41) is 19.5. The lowest BCUT2D eigenvalue weighted by atomic mass is 9.87. The van der Waals surface area contributed by atoms with Crippen LogP contribution in [0.25, 0.3) is 0 Å². The number of hydrogen-bond donors (Lipinski definition) is 2. The van der Waals surface area contributed by atoms with E-state index in [2.05, 4.69) is 13.8 Å². The second-order valence-corrected chi connectivity index (χ2v) is 4.54. The highest BCUT2D eigenvalue weighted by molar-refractivity contribution is 4.82. The Balaban J connectivity index is 3.84. The summed E-state index contributed by atoms with van der Waals surface area (Å²) >= 11 is 0. The van der Waals surface area contributed by atoms with Gasteiger partial charge in [0.05, 0.1) is 11.7 Å². The molecule has 0 aliphatic heterocycles. The molecule has 0 bridgehead atoms. The minimum Gasteiger partial charge on any atom is -0.390 e. The Bertz CT molecular complexity index is 145. The van der Waals surface area contributed by atoms with Gasteiger partial charge in [0.2, 0.25) is 0 Å². The van der Waals surface area contributed by atoms with E-state index in [-0.39, 0.29) is 0 Å². The number of aliphatic hydroxyl groups is 2. The Labute approximate surface area is 88.3 Å². The van der Waals surface area contributed by atoms with Gasteiger partial charge in [0.25, 0.3) is 0 Å². The number of rotatable bonds is 7. The average Bonchev–Trinajstić information content (AvgIpc) is 2.16. The monoisotopic (exact) mass is 202 g/mol. The first-order valence-electron chi connectivity index (χ1n) is 5.86. The van der Waals surface area contributed by atoms with Crippen LogP contribution in [0.15, 0.2) is 0 Å². The fourth-order valence-corrected chi connectivity index (χ4v) is 1.64. The van der Waals surface area contributed by atoms with Gasteiger partial charge in [-0.3, -0.25) is 0 Å². The quantitative estimate of drug-likeness (QED) is 0.666. The highest BCUT2D eigenvalue weighted by atomic mass is 16.3. The van der Waals surface area contributed by atoms with E-state index in [0.717, 1.165) is 18.8 Å². The van der Waals surface area contributed by atoms with Crippen LogP contribution >= 0.6 is 0 Å². The van der Waals surface area contributed by atoms with Crippen molar-refractivity contribution in [3.63, 3.8) is 0 Å². The summed E-state index contributed by atoms with van der Waals surface area (Å²) in [6, 6.07) is 0. The fourth-order valence-electron chi connectivity index (χ4n) is 1.64. The first-order chi connectivity index (χ1) is 6.46. The van der Waals surface area contributed by atoms with Crippen molar-refractivity contribution in [3.05, 3.63) is 0 Å². The molecule has 86 valence electrons. The molecule has 0 amide bonds. The van der Waals surface area contributed by atoms with Gasteiger partial charge in [-0.25, -0.2) is 0 Å². The maximum absolute atomic E-state index is 10.0. The topological polar surface area (TPSA) is 40.5 Å². The van der Waals surface area contributed by atoms with Crippen LogP contribution < -0.4 is 0 Å². The molecule has 0 aliphatic rings. The van der Waals surface area contributed by atoms with Gasteiger partial charge in [0.1, 0.15) is 0 Å². The van der Waals surface area contributed by atoms with Crippen molar-refractivity contribution < 1.29 is 10.2 Å². The first-order valence-corrected chi connectivity index (χ1v) is 5.86. The Kier molecular flexibility index (Phi) is 6.38. The smallest absolute Gasteiger partial charge is 0.0900 e. The predicted octanol–water partition coefficient (Wildman–Crippen LogP) is 2.72. The van der Waals surface area contributed by atoms with Crippen LogP contribution in [0.4, 0.5) is 0 Å². The lowest BCUT2D eigenvalue weighted by molar-refractivity contribution is -0.0756. The van der Waals surface area contributed by atoms with E-state index in [4.69, 9.17) is 0 Å². The second-order valence-electron chi connectivity index (χ2n) is 4.54. The molecule has 0 aliphatic carbocycles. The van der Waals surface area contributed by atoms with Gasteiger partial charge in [0, 0.05) is 0 Å². The molecule has 0 aromatic rings.